The predicted molar refractivity (Wildman–Crippen MR) is 70.0 cm³/mol. The smallest absolute Gasteiger partial charge is 0.0930 e. The maximum atomic E-state index is 10.3. The van der Waals surface area contributed by atoms with Crippen LogP contribution in [-0.4, -0.2) is 5.11 Å². The third kappa shape index (κ3) is 2.49. The molecule has 0 radical (unpaired) electrons. The van der Waals surface area contributed by atoms with E-state index in [0.717, 1.165) is 0 Å². The Labute approximate surface area is 103 Å². The lowest BCUT2D eigenvalue weighted by atomic mass is 9.88. The molecule has 0 spiro atoms. The van der Waals surface area contributed by atoms with E-state index in [9.17, 15) is 5.11 Å². The van der Waals surface area contributed by atoms with Crippen LogP contribution in [0.2, 0.25) is 0 Å². The van der Waals surface area contributed by atoms with Crippen molar-refractivity contribution in [3.8, 4) is 0 Å². The molecule has 0 fully saturated rings. The second-order valence-corrected chi connectivity index (χ2v) is 7.09. The average Bonchev–Trinajstić information content (AvgIpc) is 2.47. The van der Waals surface area contributed by atoms with Gasteiger partial charge in [-0.1, -0.05) is 27.2 Å². The first-order chi connectivity index (χ1) is 7.48. The number of thiophene rings is 1. The van der Waals surface area contributed by atoms with Crippen molar-refractivity contribution < 1.29 is 5.11 Å². The van der Waals surface area contributed by atoms with Crippen LogP contribution >= 0.6 is 11.3 Å². The van der Waals surface area contributed by atoms with Crippen LogP contribution in [0.4, 0.5) is 0 Å². The van der Waals surface area contributed by atoms with Crippen LogP contribution in [0.25, 0.3) is 0 Å². The second-order valence-electron chi connectivity index (χ2n) is 5.93. The number of aliphatic hydroxyl groups excluding tert-OH is 1. The number of aliphatic hydroxyl groups is 1. The number of rotatable bonds is 1. The van der Waals surface area contributed by atoms with Gasteiger partial charge in [-0.2, -0.15) is 0 Å². The molecule has 90 valence electrons. The van der Waals surface area contributed by atoms with Gasteiger partial charge in [-0.3, -0.25) is 0 Å². The standard InChI is InChI=1S/C14H22OS/c1-14(2,3)13(15)12-9-10-7-5-4-6-8-11(10)16-12/h9,13,15H,4-8H2,1-3H3. The summed E-state index contributed by atoms with van der Waals surface area (Å²) >= 11 is 1.83. The largest absolute Gasteiger partial charge is 0.387 e. The maximum Gasteiger partial charge on any atom is 0.0930 e. The van der Waals surface area contributed by atoms with E-state index in [4.69, 9.17) is 0 Å². The van der Waals surface area contributed by atoms with E-state index >= 15 is 0 Å². The fraction of sp³-hybridized carbons (Fsp3) is 0.714. The van der Waals surface area contributed by atoms with Gasteiger partial charge in [0.25, 0.3) is 0 Å². The average molecular weight is 238 g/mol. The summed E-state index contributed by atoms with van der Waals surface area (Å²) < 4.78 is 0. The molecule has 1 N–H and O–H groups in total. The Morgan fingerprint density at radius 3 is 2.56 bits per heavy atom. The molecule has 1 unspecified atom stereocenters. The van der Waals surface area contributed by atoms with Gasteiger partial charge in [0.2, 0.25) is 0 Å². The summed E-state index contributed by atoms with van der Waals surface area (Å²) in [6.45, 7) is 6.30. The van der Waals surface area contributed by atoms with Gasteiger partial charge in [0.15, 0.2) is 0 Å². The lowest BCUT2D eigenvalue weighted by Gasteiger charge is -2.24. The van der Waals surface area contributed by atoms with E-state index in [0.29, 0.717) is 0 Å². The van der Waals surface area contributed by atoms with Crippen molar-refractivity contribution in [3.63, 3.8) is 0 Å². The lowest BCUT2D eigenvalue weighted by Crippen LogP contribution is -2.16. The molecule has 1 aliphatic carbocycles. The summed E-state index contributed by atoms with van der Waals surface area (Å²) in [7, 11) is 0. The van der Waals surface area contributed by atoms with Crippen molar-refractivity contribution >= 4 is 11.3 Å². The lowest BCUT2D eigenvalue weighted by molar-refractivity contribution is 0.0658. The first kappa shape index (κ1) is 12.1. The molecular weight excluding hydrogens is 216 g/mol. The first-order valence-corrected chi connectivity index (χ1v) is 7.09. The molecule has 1 heterocycles. The topological polar surface area (TPSA) is 20.2 Å². The van der Waals surface area contributed by atoms with Gasteiger partial charge in [-0.15, -0.1) is 11.3 Å². The number of fused-ring (bicyclic) bond motifs is 1. The van der Waals surface area contributed by atoms with E-state index < -0.39 is 0 Å². The highest BCUT2D eigenvalue weighted by Gasteiger charge is 2.26. The Kier molecular flexibility index (Phi) is 3.41. The molecule has 1 aliphatic rings. The molecule has 2 rings (SSSR count). The molecule has 1 atom stereocenters. The minimum atomic E-state index is -0.315. The number of hydrogen-bond donors (Lipinski definition) is 1. The van der Waals surface area contributed by atoms with Crippen molar-refractivity contribution in [2.75, 3.05) is 0 Å². The van der Waals surface area contributed by atoms with Crippen molar-refractivity contribution in [3.05, 3.63) is 21.4 Å². The molecule has 0 aromatic carbocycles. The third-order valence-electron chi connectivity index (χ3n) is 3.36. The third-order valence-corrected chi connectivity index (χ3v) is 4.64. The summed E-state index contributed by atoms with van der Waals surface area (Å²) in [4.78, 5) is 2.69. The van der Waals surface area contributed by atoms with Crippen LogP contribution in [0.15, 0.2) is 6.07 Å². The Morgan fingerprint density at radius 2 is 1.88 bits per heavy atom. The fourth-order valence-electron chi connectivity index (χ4n) is 2.25. The van der Waals surface area contributed by atoms with E-state index in [1.807, 2.05) is 11.3 Å². The van der Waals surface area contributed by atoms with Gasteiger partial charge in [0, 0.05) is 9.75 Å². The molecule has 0 saturated carbocycles. The summed E-state index contributed by atoms with van der Waals surface area (Å²) in [6.07, 6.45) is 6.11. The van der Waals surface area contributed by atoms with Gasteiger partial charge in [-0.25, -0.2) is 0 Å². The molecule has 0 saturated heterocycles. The van der Waals surface area contributed by atoms with Crippen LogP contribution in [0.5, 0.6) is 0 Å². The SMILES string of the molecule is CC(C)(C)C(O)c1cc2c(s1)CCCCC2. The minimum absolute atomic E-state index is 0.0521. The summed E-state index contributed by atoms with van der Waals surface area (Å²) in [5, 5.41) is 10.3. The molecule has 0 aliphatic heterocycles. The summed E-state index contributed by atoms with van der Waals surface area (Å²) in [5.74, 6) is 0. The van der Waals surface area contributed by atoms with Crippen molar-refractivity contribution in [2.45, 2.75) is 59.0 Å². The Bertz CT molecular complexity index is 336. The zero-order valence-electron chi connectivity index (χ0n) is 10.5. The molecule has 1 aromatic rings. The minimum Gasteiger partial charge on any atom is -0.387 e. The van der Waals surface area contributed by atoms with E-state index in [-0.39, 0.29) is 11.5 Å². The van der Waals surface area contributed by atoms with Gasteiger partial charge in [0.05, 0.1) is 6.10 Å². The van der Waals surface area contributed by atoms with Crippen molar-refractivity contribution in [1.82, 2.24) is 0 Å². The molecule has 16 heavy (non-hydrogen) atoms. The molecule has 1 aromatic heterocycles. The molecule has 0 amide bonds. The molecule has 1 nitrogen and oxygen atoms in total. The summed E-state index contributed by atoms with van der Waals surface area (Å²) in [6, 6.07) is 2.25. The first-order valence-electron chi connectivity index (χ1n) is 6.28. The molecular formula is C14H22OS. The van der Waals surface area contributed by atoms with Gasteiger partial charge in [0.1, 0.15) is 0 Å². The van der Waals surface area contributed by atoms with Crippen LogP contribution in [0.3, 0.4) is 0 Å². The Morgan fingerprint density at radius 1 is 1.19 bits per heavy atom. The Balaban J connectivity index is 2.24. The monoisotopic (exact) mass is 238 g/mol. The van der Waals surface area contributed by atoms with Crippen LogP contribution in [0, 0.1) is 5.41 Å². The number of hydrogen-bond acceptors (Lipinski definition) is 2. The fourth-order valence-corrected chi connectivity index (χ4v) is 3.74. The van der Waals surface area contributed by atoms with Gasteiger partial charge >= 0.3 is 0 Å². The summed E-state index contributed by atoms with van der Waals surface area (Å²) in [5.41, 5.74) is 1.45. The quantitative estimate of drug-likeness (QED) is 0.730. The van der Waals surface area contributed by atoms with Gasteiger partial charge < -0.3 is 5.11 Å². The highest BCUT2D eigenvalue weighted by molar-refractivity contribution is 7.12. The van der Waals surface area contributed by atoms with Gasteiger partial charge in [-0.05, 0) is 42.7 Å². The zero-order valence-corrected chi connectivity index (χ0v) is 11.4. The second kappa shape index (κ2) is 4.50. The van der Waals surface area contributed by atoms with Crippen LogP contribution in [-0.2, 0) is 12.8 Å². The van der Waals surface area contributed by atoms with E-state index in [1.54, 1.807) is 0 Å². The molecule has 2 heteroatoms. The van der Waals surface area contributed by atoms with Crippen LogP contribution < -0.4 is 0 Å². The maximum absolute atomic E-state index is 10.3. The van der Waals surface area contributed by atoms with Crippen molar-refractivity contribution in [1.29, 1.82) is 0 Å². The highest BCUT2D eigenvalue weighted by Crippen LogP contribution is 2.39. The highest BCUT2D eigenvalue weighted by atomic mass is 32.1. The van der Waals surface area contributed by atoms with E-state index in [2.05, 4.69) is 26.8 Å². The number of aryl methyl sites for hydroxylation is 2. The molecule has 0 bridgehead atoms. The van der Waals surface area contributed by atoms with Crippen LogP contribution in [0.1, 0.15) is 61.5 Å². The predicted octanol–water partition coefficient (Wildman–Crippen LogP) is 4.10. The van der Waals surface area contributed by atoms with Crippen molar-refractivity contribution in [2.24, 2.45) is 5.41 Å². The zero-order chi connectivity index (χ0) is 11.8. The Hall–Kier alpha value is -0.340. The normalized spacial score (nSPS) is 19.0. The van der Waals surface area contributed by atoms with E-state index in [1.165, 1.54) is 47.4 Å².